The quantitative estimate of drug-likeness (QED) is 0.313. The molecule has 0 N–H and O–H groups in total. The molecule has 0 bridgehead atoms. The SMILES string of the molecule is O=C(CSc1cc(Cl)ccc1Cl)OCC(=O)N1c2ccccc2Sc2ccccc21. The lowest BCUT2D eigenvalue weighted by Crippen LogP contribution is -2.32. The Balaban J connectivity index is 1.43. The Morgan fingerprint density at radius 1 is 0.933 bits per heavy atom. The van der Waals surface area contributed by atoms with Gasteiger partial charge in [-0.3, -0.25) is 14.5 Å². The van der Waals surface area contributed by atoms with Crippen LogP contribution in [0.1, 0.15) is 0 Å². The molecule has 0 saturated heterocycles. The number of hydrogen-bond donors (Lipinski definition) is 0. The van der Waals surface area contributed by atoms with Crippen LogP contribution in [0.2, 0.25) is 10.0 Å². The summed E-state index contributed by atoms with van der Waals surface area (Å²) in [6.07, 6.45) is 0. The highest BCUT2D eigenvalue weighted by Gasteiger charge is 2.28. The molecule has 0 saturated carbocycles. The van der Waals surface area contributed by atoms with Gasteiger partial charge in [-0.15, -0.1) is 11.8 Å². The second kappa shape index (κ2) is 9.35. The maximum atomic E-state index is 13.0. The molecule has 4 rings (SSSR count). The van der Waals surface area contributed by atoms with Gasteiger partial charge in [0.15, 0.2) is 6.61 Å². The minimum Gasteiger partial charge on any atom is -0.455 e. The number of ether oxygens (including phenoxy) is 1. The van der Waals surface area contributed by atoms with Crippen molar-refractivity contribution in [1.82, 2.24) is 0 Å². The van der Waals surface area contributed by atoms with Crippen molar-refractivity contribution in [2.45, 2.75) is 14.7 Å². The normalized spacial score (nSPS) is 12.1. The third-order valence-corrected chi connectivity index (χ3v) is 7.11. The van der Waals surface area contributed by atoms with E-state index >= 15 is 0 Å². The van der Waals surface area contributed by atoms with Gasteiger partial charge in [0.1, 0.15) is 0 Å². The van der Waals surface area contributed by atoms with Crippen LogP contribution in [0.15, 0.2) is 81.4 Å². The van der Waals surface area contributed by atoms with E-state index in [9.17, 15) is 9.59 Å². The Morgan fingerprint density at radius 2 is 1.57 bits per heavy atom. The largest absolute Gasteiger partial charge is 0.455 e. The molecule has 0 spiro atoms. The molecule has 1 aliphatic heterocycles. The lowest BCUT2D eigenvalue weighted by atomic mass is 10.2. The number of fused-ring (bicyclic) bond motifs is 2. The van der Waals surface area contributed by atoms with Crippen LogP contribution in [-0.2, 0) is 14.3 Å². The van der Waals surface area contributed by atoms with Crippen LogP contribution in [0.25, 0.3) is 0 Å². The van der Waals surface area contributed by atoms with Gasteiger partial charge in [-0.1, -0.05) is 59.2 Å². The summed E-state index contributed by atoms with van der Waals surface area (Å²) in [6, 6.07) is 20.4. The van der Waals surface area contributed by atoms with Crippen molar-refractivity contribution in [3.8, 4) is 0 Å². The summed E-state index contributed by atoms with van der Waals surface area (Å²) < 4.78 is 5.25. The van der Waals surface area contributed by atoms with Gasteiger partial charge in [-0.05, 0) is 42.5 Å². The Labute approximate surface area is 192 Å². The molecule has 0 aliphatic carbocycles. The van der Waals surface area contributed by atoms with Gasteiger partial charge in [-0.25, -0.2) is 0 Å². The average molecular weight is 476 g/mol. The van der Waals surface area contributed by atoms with Crippen LogP contribution in [-0.4, -0.2) is 24.2 Å². The number of amides is 1. The van der Waals surface area contributed by atoms with E-state index in [4.69, 9.17) is 27.9 Å². The van der Waals surface area contributed by atoms with E-state index in [2.05, 4.69) is 0 Å². The summed E-state index contributed by atoms with van der Waals surface area (Å²) in [5, 5.41) is 1.04. The Morgan fingerprint density at radius 3 is 2.23 bits per heavy atom. The first kappa shape index (κ1) is 21.1. The molecule has 1 aliphatic rings. The molecule has 3 aromatic rings. The number of esters is 1. The zero-order chi connectivity index (χ0) is 21.1. The Kier molecular flexibility index (Phi) is 6.58. The highest BCUT2D eigenvalue weighted by molar-refractivity contribution is 8.00. The van der Waals surface area contributed by atoms with Crippen LogP contribution < -0.4 is 4.90 Å². The fourth-order valence-electron chi connectivity index (χ4n) is 2.95. The fourth-order valence-corrected chi connectivity index (χ4v) is 5.30. The number of anilines is 2. The third kappa shape index (κ3) is 4.62. The van der Waals surface area contributed by atoms with Gasteiger partial charge in [-0.2, -0.15) is 0 Å². The van der Waals surface area contributed by atoms with Crippen molar-refractivity contribution in [3.63, 3.8) is 0 Å². The molecule has 0 unspecified atom stereocenters. The Hall–Kier alpha value is -2.12. The van der Waals surface area contributed by atoms with Crippen LogP contribution in [0.5, 0.6) is 0 Å². The van der Waals surface area contributed by atoms with Gasteiger partial charge in [0.2, 0.25) is 0 Å². The molecule has 1 heterocycles. The molecule has 4 nitrogen and oxygen atoms in total. The molecular formula is C22H15Cl2NO3S2. The number of nitrogens with zero attached hydrogens (tertiary/aromatic N) is 1. The number of benzene rings is 3. The maximum absolute atomic E-state index is 13.0. The van der Waals surface area contributed by atoms with Gasteiger partial charge in [0, 0.05) is 19.7 Å². The number of carbonyl (C=O) groups is 2. The van der Waals surface area contributed by atoms with E-state index in [0.717, 1.165) is 21.2 Å². The fraction of sp³-hybridized carbons (Fsp3) is 0.0909. The van der Waals surface area contributed by atoms with Crippen molar-refractivity contribution >= 4 is 70.0 Å². The van der Waals surface area contributed by atoms with Gasteiger partial charge in [0.25, 0.3) is 5.91 Å². The minimum absolute atomic E-state index is 0.0242. The van der Waals surface area contributed by atoms with Crippen molar-refractivity contribution in [3.05, 3.63) is 76.8 Å². The summed E-state index contributed by atoms with van der Waals surface area (Å²) in [5.41, 5.74) is 1.56. The van der Waals surface area contributed by atoms with Crippen LogP contribution in [0.4, 0.5) is 11.4 Å². The second-order valence-electron chi connectivity index (χ2n) is 6.29. The lowest BCUT2D eigenvalue weighted by Gasteiger charge is -2.30. The molecule has 30 heavy (non-hydrogen) atoms. The zero-order valence-electron chi connectivity index (χ0n) is 15.5. The third-order valence-electron chi connectivity index (χ3n) is 4.28. The van der Waals surface area contributed by atoms with Crippen LogP contribution in [0, 0.1) is 0 Å². The molecule has 152 valence electrons. The first-order valence-corrected chi connectivity index (χ1v) is 11.5. The van der Waals surface area contributed by atoms with E-state index in [-0.39, 0.29) is 18.3 Å². The monoisotopic (exact) mass is 475 g/mol. The molecule has 1 amide bonds. The van der Waals surface area contributed by atoms with E-state index in [1.54, 1.807) is 34.9 Å². The Bertz CT molecular complexity index is 1080. The predicted molar refractivity (Wildman–Crippen MR) is 122 cm³/mol. The summed E-state index contributed by atoms with van der Waals surface area (Å²) >= 11 is 14.9. The van der Waals surface area contributed by atoms with Gasteiger partial charge >= 0.3 is 5.97 Å². The number of thioether (sulfide) groups is 1. The summed E-state index contributed by atoms with van der Waals surface area (Å²) in [4.78, 5) is 29.4. The van der Waals surface area contributed by atoms with Crippen LogP contribution >= 0.6 is 46.7 Å². The number of rotatable bonds is 5. The van der Waals surface area contributed by atoms with Crippen molar-refractivity contribution in [1.29, 1.82) is 0 Å². The highest BCUT2D eigenvalue weighted by atomic mass is 35.5. The zero-order valence-corrected chi connectivity index (χ0v) is 18.7. The standard InChI is InChI=1S/C22H15Cl2NO3S2/c23-14-9-10-15(24)20(11-14)29-13-22(27)28-12-21(26)25-16-5-1-3-7-18(16)30-19-8-4-2-6-17(19)25/h1-11H,12-13H2. The average Bonchev–Trinajstić information content (AvgIpc) is 2.76. The van der Waals surface area contributed by atoms with E-state index < -0.39 is 5.97 Å². The van der Waals surface area contributed by atoms with Gasteiger partial charge < -0.3 is 4.74 Å². The molecule has 0 fully saturated rings. The van der Waals surface area contributed by atoms with Crippen molar-refractivity contribution in [2.24, 2.45) is 0 Å². The minimum atomic E-state index is -0.502. The molecule has 0 aromatic heterocycles. The van der Waals surface area contributed by atoms with E-state index in [1.807, 2.05) is 48.5 Å². The summed E-state index contributed by atoms with van der Waals surface area (Å²) in [6.45, 7) is -0.351. The highest BCUT2D eigenvalue weighted by Crippen LogP contribution is 2.47. The smallest absolute Gasteiger partial charge is 0.316 e. The molecule has 3 aromatic carbocycles. The van der Waals surface area contributed by atoms with Crippen LogP contribution in [0.3, 0.4) is 0 Å². The lowest BCUT2D eigenvalue weighted by molar-refractivity contribution is -0.144. The molecule has 8 heteroatoms. The van der Waals surface area contributed by atoms with Gasteiger partial charge in [0.05, 0.1) is 22.2 Å². The van der Waals surface area contributed by atoms with Crippen molar-refractivity contribution in [2.75, 3.05) is 17.3 Å². The first-order valence-electron chi connectivity index (χ1n) is 8.95. The number of para-hydroxylation sites is 2. The number of halogens is 2. The summed E-state index contributed by atoms with van der Waals surface area (Å²) in [5.74, 6) is -0.789. The predicted octanol–water partition coefficient (Wildman–Crippen LogP) is 6.46. The number of hydrogen-bond acceptors (Lipinski definition) is 5. The molecule has 0 atom stereocenters. The first-order chi connectivity index (χ1) is 14.5. The molecular weight excluding hydrogens is 461 g/mol. The van der Waals surface area contributed by atoms with E-state index in [0.29, 0.717) is 14.9 Å². The van der Waals surface area contributed by atoms with E-state index in [1.165, 1.54) is 11.8 Å². The maximum Gasteiger partial charge on any atom is 0.316 e. The topological polar surface area (TPSA) is 46.6 Å². The molecule has 0 radical (unpaired) electrons. The van der Waals surface area contributed by atoms with Crippen molar-refractivity contribution < 1.29 is 14.3 Å². The summed E-state index contributed by atoms with van der Waals surface area (Å²) in [7, 11) is 0. The second-order valence-corrected chi connectivity index (χ2v) is 9.24. The number of carbonyl (C=O) groups excluding carboxylic acids is 2.